The molecule has 0 atom stereocenters. The maximum absolute atomic E-state index is 6.16. The van der Waals surface area contributed by atoms with Gasteiger partial charge in [0, 0.05) is 43.2 Å². The molecule has 0 unspecified atom stereocenters. The zero-order valence-electron chi connectivity index (χ0n) is 12.4. The van der Waals surface area contributed by atoms with E-state index in [1.54, 1.807) is 0 Å². The summed E-state index contributed by atoms with van der Waals surface area (Å²) in [4.78, 5) is 0. The molecule has 110 valence electrons. The van der Waals surface area contributed by atoms with Crippen molar-refractivity contribution in [1.29, 1.82) is 0 Å². The predicted molar refractivity (Wildman–Crippen MR) is 75.0 cm³/mol. The summed E-state index contributed by atoms with van der Waals surface area (Å²) in [6.07, 6.45) is 0. The van der Waals surface area contributed by atoms with E-state index in [-0.39, 0.29) is 43.2 Å². The monoisotopic (exact) mass is 352 g/mol. The van der Waals surface area contributed by atoms with E-state index in [9.17, 15) is 0 Å². The van der Waals surface area contributed by atoms with E-state index in [1.807, 2.05) is 0 Å². The van der Waals surface area contributed by atoms with E-state index in [4.69, 9.17) is 16.5 Å². The van der Waals surface area contributed by atoms with Crippen LogP contribution in [0.2, 0.25) is 52.4 Å². The molecule has 1 saturated heterocycles. The minimum atomic E-state index is -2.11. The van der Waals surface area contributed by atoms with Crippen molar-refractivity contribution in [2.75, 3.05) is 0 Å². The predicted octanol–water partition coefficient (Wildman–Crippen LogP) is 2.75. The van der Waals surface area contributed by atoms with Crippen LogP contribution < -0.4 is 0 Å². The zero-order chi connectivity index (χ0) is 12.8. The molecule has 0 amide bonds. The van der Waals surface area contributed by atoms with Gasteiger partial charge in [0.05, 0.1) is 0 Å². The SMILES string of the molecule is C[Si]1(C)O[Si](C)(C)O[Si](C)(C)O[Si](C)(C)O1.[Ar].[O]. The molecule has 10 heteroatoms. The van der Waals surface area contributed by atoms with E-state index in [2.05, 4.69) is 52.4 Å². The van der Waals surface area contributed by atoms with Crippen molar-refractivity contribution in [1.82, 2.24) is 0 Å². The van der Waals surface area contributed by atoms with Gasteiger partial charge in [-0.15, -0.1) is 0 Å². The Labute approximate surface area is 145 Å². The van der Waals surface area contributed by atoms with Crippen LogP contribution in [0.25, 0.3) is 0 Å². The van der Waals surface area contributed by atoms with Gasteiger partial charge >= 0.3 is 34.2 Å². The Morgan fingerprint density at radius 1 is 0.444 bits per heavy atom. The summed E-state index contributed by atoms with van der Waals surface area (Å²) in [6.45, 7) is 16.6. The van der Waals surface area contributed by atoms with Crippen LogP contribution in [0.15, 0.2) is 0 Å². The Balaban J connectivity index is 0. The van der Waals surface area contributed by atoms with Crippen molar-refractivity contribution in [2.24, 2.45) is 0 Å². The zero-order valence-corrected chi connectivity index (χ0v) is 17.1. The van der Waals surface area contributed by atoms with Crippen molar-refractivity contribution >= 4 is 34.2 Å². The molecule has 1 fully saturated rings. The van der Waals surface area contributed by atoms with Gasteiger partial charge in [0.15, 0.2) is 0 Å². The van der Waals surface area contributed by atoms with E-state index in [1.165, 1.54) is 0 Å². The minimum absolute atomic E-state index is 0. The third-order valence-electron chi connectivity index (χ3n) is 1.97. The molecule has 0 aromatic rings. The maximum Gasteiger partial charge on any atom is 0.314 e. The molecule has 0 saturated carbocycles. The van der Waals surface area contributed by atoms with Crippen molar-refractivity contribution < 1.29 is 59.7 Å². The Bertz CT molecular complexity index is 213. The van der Waals surface area contributed by atoms with Crippen LogP contribution >= 0.6 is 0 Å². The largest absolute Gasteiger partial charge is 0.416 e. The fourth-order valence-electron chi connectivity index (χ4n) is 2.45. The molecule has 0 aromatic heterocycles. The Hall–Kier alpha value is 1.93. The Morgan fingerprint density at radius 2 is 0.556 bits per heavy atom. The first-order valence-corrected chi connectivity index (χ1v) is 16.9. The van der Waals surface area contributed by atoms with Gasteiger partial charge in [0.25, 0.3) is 0 Å². The van der Waals surface area contributed by atoms with E-state index in [0.717, 1.165) is 0 Å². The topological polar surface area (TPSA) is 65.4 Å². The molecule has 0 N–H and O–H groups in total. The van der Waals surface area contributed by atoms with Gasteiger partial charge < -0.3 is 16.5 Å². The first-order chi connectivity index (χ1) is 6.83. The summed E-state index contributed by atoms with van der Waals surface area (Å²) in [5.41, 5.74) is 0. The molecule has 0 spiro atoms. The molecule has 0 bridgehead atoms. The second-order valence-corrected chi connectivity index (χ2v) is 20.5. The van der Waals surface area contributed by atoms with Gasteiger partial charge in [-0.25, -0.2) is 0 Å². The third-order valence-corrected chi connectivity index (χ3v) is 17.7. The van der Waals surface area contributed by atoms with Gasteiger partial charge in [-0.1, -0.05) is 0 Å². The summed E-state index contributed by atoms with van der Waals surface area (Å²) in [7, 11) is -8.44. The fraction of sp³-hybridized carbons (Fsp3) is 1.00. The maximum atomic E-state index is 6.16. The van der Waals surface area contributed by atoms with Gasteiger partial charge in [-0.05, 0) is 52.4 Å². The molecular formula is C8H24ArO5Si4. The summed E-state index contributed by atoms with van der Waals surface area (Å²) < 4.78 is 24.6. The van der Waals surface area contributed by atoms with E-state index in [0.29, 0.717) is 0 Å². The van der Waals surface area contributed by atoms with Crippen molar-refractivity contribution in [3.8, 4) is 0 Å². The summed E-state index contributed by atoms with van der Waals surface area (Å²) in [5, 5.41) is 0. The van der Waals surface area contributed by atoms with Crippen LogP contribution in [0.3, 0.4) is 0 Å². The molecule has 18 heavy (non-hydrogen) atoms. The van der Waals surface area contributed by atoms with Crippen LogP contribution in [-0.2, 0) is 21.9 Å². The summed E-state index contributed by atoms with van der Waals surface area (Å²) in [6, 6.07) is 0. The molecular weight excluding hydrogens is 328 g/mol. The number of hydrogen-bond acceptors (Lipinski definition) is 4. The van der Waals surface area contributed by atoms with Crippen LogP contribution in [0.4, 0.5) is 0 Å². The molecule has 1 aliphatic rings. The quantitative estimate of drug-likeness (QED) is 0.629. The second-order valence-electron chi connectivity index (χ2n) is 6.01. The molecule has 0 aromatic carbocycles. The number of hydrogen-bond donors (Lipinski definition) is 0. The normalized spacial score (nSPS) is 28.0. The van der Waals surface area contributed by atoms with Crippen LogP contribution in [0.5, 0.6) is 0 Å². The minimum Gasteiger partial charge on any atom is -0.416 e. The van der Waals surface area contributed by atoms with Crippen LogP contribution in [0, 0.1) is 37.7 Å². The van der Waals surface area contributed by atoms with Crippen molar-refractivity contribution in [3.05, 3.63) is 0 Å². The van der Waals surface area contributed by atoms with E-state index >= 15 is 0 Å². The average molecular weight is 353 g/mol. The van der Waals surface area contributed by atoms with Crippen molar-refractivity contribution in [2.45, 2.75) is 52.4 Å². The standard InChI is InChI=1S/C8H24O4Si4.Ar.O/c1-13(2)9-14(3,4)11-16(7,8)12-15(5,6)10-13;;/h1-8H3;;. The Kier molecular flexibility index (Phi) is 8.38. The second kappa shape index (κ2) is 6.79. The first kappa shape index (κ1) is 22.2. The Morgan fingerprint density at radius 3 is 0.667 bits per heavy atom. The third kappa shape index (κ3) is 7.64. The number of rotatable bonds is 0. The summed E-state index contributed by atoms with van der Waals surface area (Å²) in [5.74, 6) is 0. The van der Waals surface area contributed by atoms with Gasteiger partial charge in [-0.2, -0.15) is 0 Å². The van der Waals surface area contributed by atoms with Gasteiger partial charge in [0.1, 0.15) is 0 Å². The van der Waals surface area contributed by atoms with Crippen LogP contribution in [0.1, 0.15) is 0 Å². The average Bonchev–Trinajstić information content (AvgIpc) is 1.67. The molecule has 2 radical (unpaired) electrons. The molecule has 1 aliphatic heterocycles. The first-order valence-electron chi connectivity index (χ1n) is 5.63. The fourth-order valence-corrected chi connectivity index (χ4v) is 23.6. The van der Waals surface area contributed by atoms with Gasteiger partial charge in [0.2, 0.25) is 0 Å². The van der Waals surface area contributed by atoms with E-state index < -0.39 is 34.2 Å². The van der Waals surface area contributed by atoms with Crippen LogP contribution in [-0.4, -0.2) is 34.2 Å². The van der Waals surface area contributed by atoms with Gasteiger partial charge in [-0.3, -0.25) is 0 Å². The summed E-state index contributed by atoms with van der Waals surface area (Å²) >= 11 is 0. The molecule has 0 aliphatic carbocycles. The molecule has 1 heterocycles. The molecule has 5 nitrogen and oxygen atoms in total. The van der Waals surface area contributed by atoms with Crippen molar-refractivity contribution in [3.63, 3.8) is 0 Å². The smallest absolute Gasteiger partial charge is 0.314 e. The molecule has 1 rings (SSSR count).